The molecule has 1 atom stereocenters. The van der Waals surface area contributed by atoms with Crippen LogP contribution in [-0.2, 0) is 25.7 Å². The molecule has 3 aliphatic carbocycles. The topological polar surface area (TPSA) is 43.4 Å². The van der Waals surface area contributed by atoms with Crippen LogP contribution < -0.4 is 0 Å². The minimum Gasteiger partial charge on any atom is -0.463 e. The smallest absolute Gasteiger partial charge is 0.331 e. The fraction of sp³-hybridized carbons (Fsp3) is 0.258. The van der Waals surface area contributed by atoms with Gasteiger partial charge in [0.25, 0.3) is 0 Å². The summed E-state index contributed by atoms with van der Waals surface area (Å²) < 4.78 is 18.7. The van der Waals surface area contributed by atoms with E-state index in [1.54, 1.807) is 6.92 Å². The van der Waals surface area contributed by atoms with Crippen LogP contribution in [0.25, 0.3) is 0 Å². The summed E-state index contributed by atoms with van der Waals surface area (Å²) in [6.45, 7) is 8.26. The van der Waals surface area contributed by atoms with E-state index in [1.807, 2.05) is 0 Å². The highest BCUT2D eigenvalue weighted by Gasteiger charge is 2.51. The van der Waals surface area contributed by atoms with Gasteiger partial charge in [-0.05, 0) is 45.7 Å². The van der Waals surface area contributed by atoms with Gasteiger partial charge in [0.2, 0.25) is 0 Å². The largest absolute Gasteiger partial charge is 0.463 e. The van der Waals surface area contributed by atoms with Crippen LogP contribution in [0.2, 0.25) is 0 Å². The predicted molar refractivity (Wildman–Crippen MR) is 142 cm³/mol. The fourth-order valence-electron chi connectivity index (χ4n) is 5.65. The zero-order chi connectivity index (χ0) is 24.8. The third-order valence-electron chi connectivity index (χ3n) is 7.01. The average molecular weight is 483 g/mol. The molecule has 0 heterocycles. The van der Waals surface area contributed by atoms with Gasteiger partial charge in [0.15, 0.2) is 0 Å². The molecule has 0 aliphatic heterocycles. The lowest BCUT2D eigenvalue weighted by molar-refractivity contribution is -0.137. The maximum atomic E-state index is 13.7. The maximum Gasteiger partial charge on any atom is 0.331 e. The molecule has 0 saturated heterocycles. The van der Waals surface area contributed by atoms with Crippen molar-refractivity contribution in [3.8, 4) is 0 Å². The van der Waals surface area contributed by atoms with E-state index in [-0.39, 0.29) is 12.5 Å². The Kier molecular flexibility index (Phi) is 5.88. The van der Waals surface area contributed by atoms with E-state index in [9.17, 15) is 9.00 Å². The van der Waals surface area contributed by atoms with Crippen molar-refractivity contribution in [3.63, 3.8) is 0 Å². The Hall–Kier alpha value is -3.24. The van der Waals surface area contributed by atoms with E-state index in [4.69, 9.17) is 4.74 Å². The van der Waals surface area contributed by atoms with Gasteiger partial charge in [-0.1, -0.05) is 99.6 Å². The molecule has 0 amide bonds. The number of hydrogen-bond acceptors (Lipinski definition) is 3. The molecule has 0 N–H and O–H groups in total. The van der Waals surface area contributed by atoms with Gasteiger partial charge in [-0.15, -0.1) is 0 Å². The molecule has 0 fully saturated rings. The van der Waals surface area contributed by atoms with Gasteiger partial charge < -0.3 is 4.74 Å². The summed E-state index contributed by atoms with van der Waals surface area (Å²) in [5.41, 5.74) is 6.61. The summed E-state index contributed by atoms with van der Waals surface area (Å²) in [6.07, 6.45) is 3.49. The molecular formula is C31H30O3S. The summed E-state index contributed by atoms with van der Waals surface area (Å²) in [5, 5.41) is 1.46. The fourth-order valence-corrected chi connectivity index (χ4v) is 6.93. The van der Waals surface area contributed by atoms with Gasteiger partial charge >= 0.3 is 5.97 Å². The molecule has 0 spiro atoms. The molecular weight excluding hydrogens is 452 g/mol. The molecule has 2 bridgehead atoms. The van der Waals surface area contributed by atoms with Crippen LogP contribution in [0.3, 0.4) is 0 Å². The lowest BCUT2D eigenvalue weighted by Gasteiger charge is -2.50. The Balaban J connectivity index is 1.81. The van der Waals surface area contributed by atoms with E-state index >= 15 is 0 Å². The van der Waals surface area contributed by atoms with Crippen LogP contribution in [0.15, 0.2) is 95.3 Å². The van der Waals surface area contributed by atoms with Crippen LogP contribution in [-0.4, -0.2) is 16.8 Å². The highest BCUT2D eigenvalue weighted by atomic mass is 32.2. The van der Waals surface area contributed by atoms with Gasteiger partial charge in [0, 0.05) is 22.3 Å². The molecule has 0 aromatic heterocycles. The number of esters is 1. The van der Waals surface area contributed by atoms with E-state index in [2.05, 4.69) is 99.6 Å². The molecule has 0 saturated carbocycles. The van der Waals surface area contributed by atoms with Crippen LogP contribution in [0.4, 0.5) is 0 Å². The quantitative estimate of drug-likeness (QED) is 0.305. The predicted octanol–water partition coefficient (Wildman–Crippen LogP) is 6.58. The van der Waals surface area contributed by atoms with Crippen LogP contribution >= 0.6 is 0 Å². The van der Waals surface area contributed by atoms with Crippen molar-refractivity contribution in [2.24, 2.45) is 5.41 Å². The number of carbonyl (C=O) groups excluding carboxylic acids is 1. The average Bonchev–Trinajstić information content (AvgIpc) is 2.85. The van der Waals surface area contributed by atoms with Gasteiger partial charge in [-0.2, -0.15) is 0 Å². The zero-order valence-electron chi connectivity index (χ0n) is 20.6. The van der Waals surface area contributed by atoms with Crippen LogP contribution in [0.1, 0.15) is 67.0 Å². The SMILES string of the molecule is CCOC(=O)/C=C/S(=O)/C(=C/C12c3ccccc3C(c3ccccc31)c1ccccc12)C(C)(C)C. The first-order chi connectivity index (χ1) is 16.8. The summed E-state index contributed by atoms with van der Waals surface area (Å²) in [6, 6.07) is 25.9. The maximum absolute atomic E-state index is 13.7. The molecule has 3 aromatic carbocycles. The molecule has 1 unspecified atom stereocenters. The third kappa shape index (κ3) is 3.71. The number of allylic oxidation sites excluding steroid dienone is 2. The lowest BCUT2D eigenvalue weighted by atomic mass is 9.52. The highest BCUT2D eigenvalue weighted by molar-refractivity contribution is 7.91. The molecule has 3 aliphatic rings. The minimum atomic E-state index is -1.51. The molecule has 0 radical (unpaired) electrons. The normalized spacial score (nSPS) is 21.3. The van der Waals surface area contributed by atoms with Crippen molar-refractivity contribution in [1.82, 2.24) is 0 Å². The Morgan fingerprint density at radius 2 is 1.34 bits per heavy atom. The number of benzene rings is 3. The molecule has 178 valence electrons. The second-order valence-electron chi connectivity index (χ2n) is 10.1. The molecule has 6 rings (SSSR count). The van der Waals surface area contributed by atoms with Crippen LogP contribution in [0, 0.1) is 5.41 Å². The second-order valence-corrected chi connectivity index (χ2v) is 11.4. The Labute approximate surface area is 210 Å². The first kappa shape index (κ1) is 23.5. The highest BCUT2D eigenvalue weighted by Crippen LogP contribution is 2.60. The number of carbonyl (C=O) groups is 1. The minimum absolute atomic E-state index is 0.182. The first-order valence-corrected chi connectivity index (χ1v) is 13.3. The summed E-state index contributed by atoms with van der Waals surface area (Å²) in [5.74, 6) is -0.298. The van der Waals surface area contributed by atoms with E-state index in [0.717, 1.165) is 4.91 Å². The van der Waals surface area contributed by atoms with Crippen molar-refractivity contribution in [2.45, 2.75) is 39.0 Å². The van der Waals surface area contributed by atoms with Gasteiger partial charge in [0.05, 0.1) is 22.8 Å². The van der Waals surface area contributed by atoms with Crippen molar-refractivity contribution >= 4 is 16.8 Å². The van der Waals surface area contributed by atoms with Crippen molar-refractivity contribution < 1.29 is 13.7 Å². The lowest BCUT2D eigenvalue weighted by Crippen LogP contribution is -2.41. The van der Waals surface area contributed by atoms with Crippen LogP contribution in [0.5, 0.6) is 0 Å². The third-order valence-corrected chi connectivity index (χ3v) is 8.55. The van der Waals surface area contributed by atoms with E-state index in [0.29, 0.717) is 0 Å². The summed E-state index contributed by atoms with van der Waals surface area (Å²) in [4.78, 5) is 12.7. The van der Waals surface area contributed by atoms with Gasteiger partial charge in [-0.25, -0.2) is 9.00 Å². The van der Waals surface area contributed by atoms with Crippen molar-refractivity contribution in [1.29, 1.82) is 0 Å². The zero-order valence-corrected chi connectivity index (χ0v) is 21.4. The summed E-state index contributed by atoms with van der Waals surface area (Å²) in [7, 11) is -1.51. The number of hydrogen-bond donors (Lipinski definition) is 0. The number of rotatable bonds is 5. The molecule has 4 heteroatoms. The molecule has 3 nitrogen and oxygen atoms in total. The molecule has 3 aromatic rings. The first-order valence-electron chi connectivity index (χ1n) is 12.1. The standard InChI is InChI=1S/C31H30O3S/c1-5-34-28(32)18-19-35(33)27(30(2,3)4)20-31-24-15-9-6-12-21(24)29(22-13-7-10-16-25(22)31)23-14-8-11-17-26(23)31/h6-20,29H,5H2,1-4H3/b19-18+,27-20+. The number of ether oxygens (including phenoxy) is 1. The molecule has 35 heavy (non-hydrogen) atoms. The van der Waals surface area contributed by atoms with E-state index in [1.165, 1.54) is 44.9 Å². The Bertz CT molecular complexity index is 1270. The summed E-state index contributed by atoms with van der Waals surface area (Å²) >= 11 is 0. The Morgan fingerprint density at radius 1 is 0.886 bits per heavy atom. The van der Waals surface area contributed by atoms with Gasteiger partial charge in [0.1, 0.15) is 0 Å². The second kappa shape index (κ2) is 8.76. The van der Waals surface area contributed by atoms with Gasteiger partial charge in [-0.3, -0.25) is 0 Å². The van der Waals surface area contributed by atoms with Crippen molar-refractivity contribution in [2.75, 3.05) is 6.61 Å². The monoisotopic (exact) mass is 482 g/mol. The van der Waals surface area contributed by atoms with Crippen molar-refractivity contribution in [3.05, 3.63) is 129 Å². The van der Waals surface area contributed by atoms with E-state index < -0.39 is 27.6 Å². The Morgan fingerprint density at radius 3 is 1.77 bits per heavy atom.